The monoisotopic (exact) mass is 266 g/mol. The van der Waals surface area contributed by atoms with E-state index in [9.17, 15) is 19.8 Å². The fourth-order valence-electron chi connectivity index (χ4n) is 5.23. The molecule has 4 nitrogen and oxygen atoms in total. The maximum atomic E-state index is 12.6. The summed E-state index contributed by atoms with van der Waals surface area (Å²) >= 11 is 0. The van der Waals surface area contributed by atoms with Crippen molar-refractivity contribution < 1.29 is 19.8 Å². The quantitative estimate of drug-likeness (QED) is 0.737. The first-order valence-corrected chi connectivity index (χ1v) is 7.42. The van der Waals surface area contributed by atoms with Crippen molar-refractivity contribution in [3.8, 4) is 0 Å². The highest BCUT2D eigenvalue weighted by Gasteiger charge is 2.69. The van der Waals surface area contributed by atoms with E-state index in [1.165, 1.54) is 0 Å². The van der Waals surface area contributed by atoms with Gasteiger partial charge in [0.15, 0.2) is 0 Å². The molecule has 1 unspecified atom stereocenters. The number of hydrogen-bond acceptors (Lipinski definition) is 4. The van der Waals surface area contributed by atoms with Gasteiger partial charge < -0.3 is 15.0 Å². The lowest BCUT2D eigenvalue weighted by Crippen LogP contribution is -2.61. The van der Waals surface area contributed by atoms with E-state index in [1.54, 1.807) is 0 Å². The van der Waals surface area contributed by atoms with Crippen LogP contribution in [0.15, 0.2) is 0 Å². The van der Waals surface area contributed by atoms with Gasteiger partial charge in [-0.05, 0) is 31.1 Å². The molecule has 19 heavy (non-hydrogen) atoms. The number of rotatable bonds is 2. The molecule has 0 radical (unpaired) electrons. The molecule has 3 aliphatic carbocycles. The third-order valence-corrected chi connectivity index (χ3v) is 5.93. The second kappa shape index (κ2) is 4.38. The van der Waals surface area contributed by atoms with Gasteiger partial charge in [0.25, 0.3) is 0 Å². The molecule has 0 aliphatic heterocycles. The number of aldehydes is 1. The molecule has 5 atom stereocenters. The summed E-state index contributed by atoms with van der Waals surface area (Å²) in [6.07, 6.45) is 5.36. The number of aliphatic hydroxyl groups is 2. The summed E-state index contributed by atoms with van der Waals surface area (Å²) in [6.45, 7) is 0. The molecule has 0 bridgehead atoms. The molecule has 0 heterocycles. The zero-order valence-electron chi connectivity index (χ0n) is 11.2. The lowest BCUT2D eigenvalue weighted by atomic mass is 9.54. The molecule has 3 rings (SSSR count). The minimum absolute atomic E-state index is 0.0341. The zero-order chi connectivity index (χ0) is 13.7. The summed E-state index contributed by atoms with van der Waals surface area (Å²) in [5.41, 5.74) is -1.83. The molecular formula is C15H22O4. The summed E-state index contributed by atoms with van der Waals surface area (Å²) < 4.78 is 0. The number of carbonyl (C=O) groups is 2. The van der Waals surface area contributed by atoms with E-state index in [0.29, 0.717) is 6.42 Å². The number of aliphatic hydroxyl groups excluding tert-OH is 1. The van der Waals surface area contributed by atoms with Gasteiger partial charge in [0.05, 0.1) is 17.1 Å². The Bertz CT molecular complexity index is 407. The lowest BCUT2D eigenvalue weighted by Gasteiger charge is -2.52. The van der Waals surface area contributed by atoms with Crippen molar-refractivity contribution in [2.24, 2.45) is 17.3 Å². The van der Waals surface area contributed by atoms with E-state index in [4.69, 9.17) is 0 Å². The maximum absolute atomic E-state index is 12.6. The first kappa shape index (κ1) is 13.3. The van der Waals surface area contributed by atoms with Gasteiger partial charge in [-0.25, -0.2) is 0 Å². The van der Waals surface area contributed by atoms with Crippen LogP contribution in [0.25, 0.3) is 0 Å². The Balaban J connectivity index is 2.05. The molecule has 106 valence electrons. The Morgan fingerprint density at radius 1 is 1.37 bits per heavy atom. The second-order valence-corrected chi connectivity index (χ2v) is 6.66. The fraction of sp³-hybridized carbons (Fsp3) is 0.867. The Labute approximate surface area is 113 Å². The second-order valence-electron chi connectivity index (χ2n) is 6.66. The van der Waals surface area contributed by atoms with E-state index in [-0.39, 0.29) is 30.5 Å². The summed E-state index contributed by atoms with van der Waals surface area (Å²) in [7, 11) is 0. The van der Waals surface area contributed by atoms with Crippen LogP contribution in [0.2, 0.25) is 0 Å². The Morgan fingerprint density at radius 3 is 2.89 bits per heavy atom. The molecule has 0 aromatic carbocycles. The summed E-state index contributed by atoms with van der Waals surface area (Å²) in [5.74, 6) is 0.0787. The average Bonchev–Trinajstić information content (AvgIpc) is 2.61. The predicted molar refractivity (Wildman–Crippen MR) is 68.4 cm³/mol. The molecule has 3 fully saturated rings. The van der Waals surface area contributed by atoms with Crippen LogP contribution in [0, 0.1) is 17.3 Å². The highest BCUT2D eigenvalue weighted by Crippen LogP contribution is 2.64. The van der Waals surface area contributed by atoms with Gasteiger partial charge in [0, 0.05) is 19.3 Å². The molecular weight excluding hydrogens is 244 g/mol. The van der Waals surface area contributed by atoms with Crippen molar-refractivity contribution in [1.29, 1.82) is 0 Å². The molecule has 0 amide bonds. The van der Waals surface area contributed by atoms with Crippen LogP contribution >= 0.6 is 0 Å². The first-order chi connectivity index (χ1) is 9.04. The lowest BCUT2D eigenvalue weighted by molar-refractivity contribution is -0.181. The minimum atomic E-state index is -1.16. The number of Topliss-reactive ketones (excluding diaryl/α,β-unsaturated/α-hetero) is 1. The number of carbonyl (C=O) groups excluding carboxylic acids is 2. The van der Waals surface area contributed by atoms with Crippen LogP contribution in [0.4, 0.5) is 0 Å². The highest BCUT2D eigenvalue weighted by molar-refractivity contribution is 5.89. The molecule has 0 aromatic heterocycles. The van der Waals surface area contributed by atoms with E-state index >= 15 is 0 Å². The normalized spacial score (nSPS) is 49.6. The zero-order valence-corrected chi connectivity index (χ0v) is 11.2. The van der Waals surface area contributed by atoms with Crippen LogP contribution in [-0.4, -0.2) is 34.0 Å². The Kier molecular flexibility index (Phi) is 3.06. The molecule has 0 saturated heterocycles. The molecule has 2 N–H and O–H groups in total. The first-order valence-electron chi connectivity index (χ1n) is 7.42. The molecule has 0 aromatic rings. The van der Waals surface area contributed by atoms with E-state index in [2.05, 4.69) is 0 Å². The standard InChI is InChI=1S/C15H22O4/c16-6-4-11-7-10-3-1-2-5-14(10)13(18)8-12(17)9-15(11,14)19/h6,10-12,17,19H,1-5,7-9H2/t10?,11-,12+,14-,15-/m0/s1. The van der Waals surface area contributed by atoms with Crippen molar-refractivity contribution in [3.05, 3.63) is 0 Å². The van der Waals surface area contributed by atoms with Crippen LogP contribution in [0.5, 0.6) is 0 Å². The van der Waals surface area contributed by atoms with Crippen molar-refractivity contribution in [3.63, 3.8) is 0 Å². The van der Waals surface area contributed by atoms with Gasteiger partial charge in [-0.15, -0.1) is 0 Å². The largest absolute Gasteiger partial charge is 0.393 e. The van der Waals surface area contributed by atoms with Crippen LogP contribution < -0.4 is 0 Å². The van der Waals surface area contributed by atoms with Crippen LogP contribution in [0.3, 0.4) is 0 Å². The number of ketones is 1. The topological polar surface area (TPSA) is 74.6 Å². The molecule has 3 aliphatic rings. The smallest absolute Gasteiger partial charge is 0.144 e. The number of hydrogen-bond donors (Lipinski definition) is 2. The Hall–Kier alpha value is -0.740. The third-order valence-electron chi connectivity index (χ3n) is 5.93. The van der Waals surface area contributed by atoms with Gasteiger partial charge in [-0.1, -0.05) is 12.8 Å². The van der Waals surface area contributed by atoms with Crippen LogP contribution in [-0.2, 0) is 9.59 Å². The van der Waals surface area contributed by atoms with E-state index in [1.807, 2.05) is 0 Å². The van der Waals surface area contributed by atoms with Crippen molar-refractivity contribution in [2.45, 2.75) is 63.1 Å². The van der Waals surface area contributed by atoms with Crippen molar-refractivity contribution in [1.82, 2.24) is 0 Å². The summed E-state index contributed by atoms with van der Waals surface area (Å²) in [6, 6.07) is 0. The SMILES string of the molecule is O=CC[C@H]1CC2CCCC[C@@]23C(=O)C[C@@H](O)C[C@]13O. The fourth-order valence-corrected chi connectivity index (χ4v) is 5.23. The van der Waals surface area contributed by atoms with Gasteiger partial charge >= 0.3 is 0 Å². The van der Waals surface area contributed by atoms with Gasteiger partial charge in [0.1, 0.15) is 12.1 Å². The predicted octanol–water partition coefficient (Wildman–Crippen LogP) is 1.23. The molecule has 1 spiro atoms. The third kappa shape index (κ3) is 1.59. The summed E-state index contributed by atoms with van der Waals surface area (Å²) in [4.78, 5) is 23.5. The molecule has 4 heteroatoms. The minimum Gasteiger partial charge on any atom is -0.393 e. The summed E-state index contributed by atoms with van der Waals surface area (Å²) in [5, 5.41) is 21.1. The average molecular weight is 266 g/mol. The highest BCUT2D eigenvalue weighted by atomic mass is 16.3. The maximum Gasteiger partial charge on any atom is 0.144 e. The Morgan fingerprint density at radius 2 is 2.16 bits per heavy atom. The molecule has 3 saturated carbocycles. The van der Waals surface area contributed by atoms with Crippen molar-refractivity contribution >= 4 is 12.1 Å². The van der Waals surface area contributed by atoms with E-state index in [0.717, 1.165) is 38.4 Å². The van der Waals surface area contributed by atoms with Gasteiger partial charge in [-0.2, -0.15) is 0 Å². The van der Waals surface area contributed by atoms with E-state index < -0.39 is 17.1 Å². The van der Waals surface area contributed by atoms with Gasteiger partial charge in [-0.3, -0.25) is 4.79 Å². The van der Waals surface area contributed by atoms with Gasteiger partial charge in [0.2, 0.25) is 0 Å². The van der Waals surface area contributed by atoms with Crippen LogP contribution in [0.1, 0.15) is 51.4 Å². The van der Waals surface area contributed by atoms with Crippen molar-refractivity contribution in [2.75, 3.05) is 0 Å².